The van der Waals surface area contributed by atoms with Crippen LogP contribution in [0, 0.1) is 0 Å². The molecule has 13 heteroatoms. The van der Waals surface area contributed by atoms with Crippen molar-refractivity contribution < 1.29 is 39.0 Å². The van der Waals surface area contributed by atoms with Crippen LogP contribution in [0.1, 0.15) is 36.6 Å². The molecule has 0 spiro atoms. The number of imide groups is 1. The molecule has 3 amide bonds. The minimum atomic E-state index is -4.90. The molecular weight excluding hydrogens is 422 g/mol. The van der Waals surface area contributed by atoms with Gasteiger partial charge in [-0.1, -0.05) is 6.58 Å². The van der Waals surface area contributed by atoms with Gasteiger partial charge in [0.1, 0.15) is 0 Å². The fraction of sp³-hybridized carbons (Fsp3) is 0.267. The number of amides is 3. The van der Waals surface area contributed by atoms with Crippen LogP contribution in [-0.2, 0) is 20.4 Å². The molecule has 1 aromatic rings. The Morgan fingerprint density at radius 3 is 1.54 bits per heavy atom. The third-order valence-corrected chi connectivity index (χ3v) is 5.68. The van der Waals surface area contributed by atoms with Gasteiger partial charge in [-0.05, 0) is 12.1 Å². The molecule has 9 nitrogen and oxygen atoms in total. The highest BCUT2D eigenvalue weighted by molar-refractivity contribution is 7.86. The molecule has 0 unspecified atom stereocenters. The lowest BCUT2D eigenvalue weighted by Gasteiger charge is -2.15. The SMILES string of the molecule is C=C1c2cc3c(cc2C(=O)N1CCS(=O)(=O)F)C(=O)N(CCS(=O)(=O)F)C3=O. The van der Waals surface area contributed by atoms with Gasteiger partial charge in [-0.2, -0.15) is 16.8 Å². The molecule has 0 N–H and O–H groups in total. The first kappa shape index (κ1) is 20.1. The molecule has 0 saturated heterocycles. The van der Waals surface area contributed by atoms with Gasteiger partial charge in [0.15, 0.2) is 0 Å². The van der Waals surface area contributed by atoms with E-state index in [0.717, 1.165) is 11.0 Å². The molecule has 2 aliphatic rings. The van der Waals surface area contributed by atoms with E-state index in [1.807, 2.05) is 0 Å². The van der Waals surface area contributed by atoms with Crippen LogP contribution in [-0.4, -0.2) is 69.0 Å². The number of halogens is 2. The third-order valence-electron chi connectivity index (χ3n) is 4.34. The molecule has 2 aliphatic heterocycles. The Bertz CT molecular complexity index is 1020. The topological polar surface area (TPSA) is 126 Å². The van der Waals surface area contributed by atoms with Crippen molar-refractivity contribution in [3.63, 3.8) is 0 Å². The molecular formula is C15H12F2N2O7S2. The van der Waals surface area contributed by atoms with Crippen molar-refractivity contribution in [3.05, 3.63) is 41.0 Å². The number of carbonyl (C=O) groups excluding carboxylic acids is 3. The Kier molecular flexibility index (Phi) is 4.62. The van der Waals surface area contributed by atoms with E-state index in [9.17, 15) is 39.0 Å². The number of carbonyl (C=O) groups is 3. The summed E-state index contributed by atoms with van der Waals surface area (Å²) in [5.74, 6) is -4.49. The normalized spacial score (nSPS) is 16.8. The summed E-state index contributed by atoms with van der Waals surface area (Å²) in [6.07, 6.45) is 0. The molecule has 0 radical (unpaired) electrons. The van der Waals surface area contributed by atoms with E-state index in [-0.39, 0.29) is 28.0 Å². The van der Waals surface area contributed by atoms with Gasteiger partial charge in [0.2, 0.25) is 0 Å². The van der Waals surface area contributed by atoms with Crippen molar-refractivity contribution in [2.24, 2.45) is 0 Å². The Hall–Kier alpha value is -2.67. The van der Waals surface area contributed by atoms with E-state index in [1.165, 1.54) is 6.07 Å². The molecule has 1 aromatic carbocycles. The zero-order valence-electron chi connectivity index (χ0n) is 14.0. The number of benzene rings is 1. The second-order valence-corrected chi connectivity index (χ2v) is 9.07. The summed E-state index contributed by atoms with van der Waals surface area (Å²) < 4.78 is 68.1. The second-order valence-electron chi connectivity index (χ2n) is 6.09. The number of rotatable bonds is 6. The van der Waals surface area contributed by atoms with Crippen molar-refractivity contribution >= 4 is 43.9 Å². The maximum absolute atomic E-state index is 12.8. The third kappa shape index (κ3) is 3.54. The summed E-state index contributed by atoms with van der Waals surface area (Å²) >= 11 is 0. The number of fused-ring (bicyclic) bond motifs is 2. The maximum atomic E-state index is 12.8. The smallest absolute Gasteiger partial charge is 0.304 e. The Balaban J connectivity index is 1.92. The van der Waals surface area contributed by atoms with Gasteiger partial charge >= 0.3 is 20.4 Å². The van der Waals surface area contributed by atoms with Crippen LogP contribution >= 0.6 is 0 Å². The summed E-state index contributed by atoms with van der Waals surface area (Å²) in [6.45, 7) is 2.44. The van der Waals surface area contributed by atoms with Crippen molar-refractivity contribution in [1.82, 2.24) is 9.80 Å². The lowest BCUT2D eigenvalue weighted by molar-refractivity contribution is 0.0663. The number of hydrogen-bond acceptors (Lipinski definition) is 7. The highest BCUT2D eigenvalue weighted by Crippen LogP contribution is 2.36. The van der Waals surface area contributed by atoms with E-state index < -0.39 is 62.8 Å². The Morgan fingerprint density at radius 1 is 0.714 bits per heavy atom. The van der Waals surface area contributed by atoms with Gasteiger partial charge < -0.3 is 4.90 Å². The lowest BCUT2D eigenvalue weighted by Crippen LogP contribution is -2.33. The predicted molar refractivity (Wildman–Crippen MR) is 91.7 cm³/mol. The van der Waals surface area contributed by atoms with E-state index in [0.29, 0.717) is 4.90 Å². The van der Waals surface area contributed by atoms with Crippen LogP contribution in [0.15, 0.2) is 18.7 Å². The van der Waals surface area contributed by atoms with Crippen molar-refractivity contribution in [2.75, 3.05) is 24.6 Å². The largest absolute Gasteiger partial charge is 0.307 e. The fourth-order valence-corrected chi connectivity index (χ4v) is 3.81. The molecule has 28 heavy (non-hydrogen) atoms. The molecule has 0 bridgehead atoms. The van der Waals surface area contributed by atoms with Crippen molar-refractivity contribution in [2.45, 2.75) is 0 Å². The number of nitrogens with zero attached hydrogens (tertiary/aromatic N) is 2. The van der Waals surface area contributed by atoms with E-state index in [4.69, 9.17) is 0 Å². The maximum Gasteiger partial charge on any atom is 0.304 e. The van der Waals surface area contributed by atoms with E-state index in [1.54, 1.807) is 0 Å². The summed E-state index contributed by atoms with van der Waals surface area (Å²) in [5.41, 5.74) is -0.172. The average molecular weight is 434 g/mol. The summed E-state index contributed by atoms with van der Waals surface area (Å²) in [6, 6.07) is 2.30. The van der Waals surface area contributed by atoms with Gasteiger partial charge in [0.05, 0.1) is 28.2 Å². The molecule has 3 rings (SSSR count). The zero-order chi connectivity index (χ0) is 21.0. The fourth-order valence-electron chi connectivity index (χ4n) is 3.01. The minimum Gasteiger partial charge on any atom is -0.307 e. The van der Waals surface area contributed by atoms with Crippen molar-refractivity contribution in [1.29, 1.82) is 0 Å². The average Bonchev–Trinajstić information content (AvgIpc) is 2.94. The van der Waals surface area contributed by atoms with Crippen LogP contribution in [0.2, 0.25) is 0 Å². The molecule has 0 saturated carbocycles. The van der Waals surface area contributed by atoms with Gasteiger partial charge in [-0.3, -0.25) is 19.3 Å². The zero-order valence-corrected chi connectivity index (χ0v) is 15.6. The summed E-state index contributed by atoms with van der Waals surface area (Å²) in [7, 11) is -9.73. The van der Waals surface area contributed by atoms with Crippen LogP contribution in [0.5, 0.6) is 0 Å². The second kappa shape index (κ2) is 6.44. The first-order valence-electron chi connectivity index (χ1n) is 7.70. The highest BCUT2D eigenvalue weighted by atomic mass is 32.3. The molecule has 150 valence electrons. The van der Waals surface area contributed by atoms with Crippen LogP contribution in [0.25, 0.3) is 5.70 Å². The van der Waals surface area contributed by atoms with Crippen molar-refractivity contribution in [3.8, 4) is 0 Å². The van der Waals surface area contributed by atoms with Crippen LogP contribution in [0.3, 0.4) is 0 Å². The highest BCUT2D eigenvalue weighted by Gasteiger charge is 2.41. The van der Waals surface area contributed by atoms with E-state index >= 15 is 0 Å². The van der Waals surface area contributed by atoms with Crippen LogP contribution in [0.4, 0.5) is 7.77 Å². The molecule has 0 atom stereocenters. The molecule has 0 aromatic heterocycles. The van der Waals surface area contributed by atoms with Gasteiger partial charge in [0.25, 0.3) is 17.7 Å². The minimum absolute atomic E-state index is 0.0245. The standard InChI is InChI=1S/C15H12F2N2O7S2/c1-8-9-6-11-12(15(22)19(14(11)21)3-5-28(17,25)26)7-10(9)13(20)18(8)2-4-27(16,23)24/h6-7H,1-5H2. The molecule has 0 aliphatic carbocycles. The van der Waals surface area contributed by atoms with Gasteiger partial charge in [-0.25, -0.2) is 0 Å². The monoisotopic (exact) mass is 434 g/mol. The van der Waals surface area contributed by atoms with Crippen LogP contribution < -0.4 is 0 Å². The van der Waals surface area contributed by atoms with E-state index in [2.05, 4.69) is 6.58 Å². The van der Waals surface area contributed by atoms with Gasteiger partial charge in [-0.15, -0.1) is 7.77 Å². The first-order valence-corrected chi connectivity index (χ1v) is 10.8. The number of hydrogen-bond donors (Lipinski definition) is 0. The molecule has 0 fully saturated rings. The Labute approximate surface area is 158 Å². The Morgan fingerprint density at radius 2 is 1.07 bits per heavy atom. The lowest BCUT2D eigenvalue weighted by atomic mass is 10.0. The molecule has 2 heterocycles. The first-order chi connectivity index (χ1) is 12.8. The predicted octanol–water partition coefficient (Wildman–Crippen LogP) is 0.308. The van der Waals surface area contributed by atoms with Gasteiger partial charge in [0, 0.05) is 24.4 Å². The summed E-state index contributed by atoms with van der Waals surface area (Å²) in [4.78, 5) is 38.7. The quantitative estimate of drug-likeness (QED) is 0.466. The summed E-state index contributed by atoms with van der Waals surface area (Å²) in [5, 5.41) is 0.